The Balaban J connectivity index is 0.826. The second kappa shape index (κ2) is 23.1. The van der Waals surface area contributed by atoms with Crippen LogP contribution in [-0.2, 0) is 40.0 Å². The first-order chi connectivity index (χ1) is 41.5. The first kappa shape index (κ1) is 55.7. The predicted octanol–water partition coefficient (Wildman–Crippen LogP) is 12.1. The Bertz CT molecular complexity index is 4510. The number of phenols is 3. The van der Waals surface area contributed by atoms with Gasteiger partial charge >= 0.3 is 0 Å². The number of aromatic hydroxyl groups is 3. The van der Waals surface area contributed by atoms with Crippen molar-refractivity contribution in [2.24, 2.45) is 14.1 Å². The molecule has 1 atom stereocenters. The highest BCUT2D eigenvalue weighted by molar-refractivity contribution is 5.96. The molecule has 0 amide bonds. The second-order valence-corrected chi connectivity index (χ2v) is 21.6. The average molecular weight is 1150 g/mol. The molecule has 24 heteroatoms. The minimum Gasteiger partial charge on any atom is -0.508 e. The quantitative estimate of drug-likeness (QED) is 0.0323. The average Bonchev–Trinajstić information content (AvgIpc) is 2.22. The fraction of sp³-hybridized carbons (Fsp3) is 0.258. The molecule has 12 aromatic rings. The summed E-state index contributed by atoms with van der Waals surface area (Å²) in [4.78, 5) is 23.0. The normalized spacial score (nSPS) is 11.9. The van der Waals surface area contributed by atoms with Crippen LogP contribution in [0, 0.1) is 34.6 Å². The van der Waals surface area contributed by atoms with Crippen molar-refractivity contribution in [3.8, 4) is 17.2 Å². The summed E-state index contributed by atoms with van der Waals surface area (Å²) < 4.78 is 9.41. The van der Waals surface area contributed by atoms with E-state index < -0.39 is 0 Å². The third-order valence-electron chi connectivity index (χ3n) is 15.7. The monoisotopic (exact) mass is 1150 g/mol. The number of rotatable bonds is 21. The van der Waals surface area contributed by atoms with Crippen molar-refractivity contribution in [2.75, 3.05) is 31.9 Å². The van der Waals surface area contributed by atoms with E-state index >= 15 is 0 Å². The fourth-order valence-electron chi connectivity index (χ4n) is 10.9. The summed E-state index contributed by atoms with van der Waals surface area (Å²) in [5.41, 5.74) is 9.88. The first-order valence-electron chi connectivity index (χ1n) is 28.5. The minimum absolute atomic E-state index is 0.129. The highest BCUT2D eigenvalue weighted by Crippen LogP contribution is 2.40. The molecule has 438 valence electrons. The van der Waals surface area contributed by atoms with Gasteiger partial charge in [0.15, 0.2) is 23.3 Å². The zero-order valence-electron chi connectivity index (χ0n) is 49.3. The molecule has 1 unspecified atom stereocenters. The Hall–Kier alpha value is -10.8. The lowest BCUT2D eigenvalue weighted by Gasteiger charge is -2.18. The van der Waals surface area contributed by atoms with E-state index in [1.54, 1.807) is 58.4 Å². The molecule has 0 aliphatic carbocycles. The standard InChI is InChI=1S/C62H67N21O3/c1-10-81-45-28-53(69-51-21-24-63-39(7)68-51)64-31-42(45)60(76-81)73-58-37(5)49(85)19-16-40(58)12-11-26-82-46-29-55(71-56-22-25-67-80(56)9)66-32-43(46)61(77-82)74-59-38(6)50(86)20-17-41(59)15-14-35(3)83-47-30-54(70-52-23-27-79(8)75-52)65-33-44(47)62(78-83)72-57-34(2)13-18-48(84)36(57)4/h13,16-25,27-33,35,84-86H,10-12,14-15,26H2,1-9H3,(H,66,71)(H,72,78)(H,73,76)(H,74,77)(H,65,70,75)(H,63,64,68,69). The number of aromatic nitrogens is 15. The third kappa shape index (κ3) is 11.1. The van der Waals surface area contributed by atoms with Gasteiger partial charge in [0.2, 0.25) is 0 Å². The van der Waals surface area contributed by atoms with Crippen molar-refractivity contribution >= 4 is 102 Å². The lowest BCUT2D eigenvalue weighted by Crippen LogP contribution is -2.10. The molecule has 9 heterocycles. The number of phenolic OH excluding ortho intramolecular Hbond substituents is 3. The van der Waals surface area contributed by atoms with Gasteiger partial charge in [-0.25, -0.2) is 24.9 Å². The van der Waals surface area contributed by atoms with Gasteiger partial charge in [-0.3, -0.25) is 23.4 Å². The summed E-state index contributed by atoms with van der Waals surface area (Å²) >= 11 is 0. The second-order valence-electron chi connectivity index (χ2n) is 21.6. The highest BCUT2D eigenvalue weighted by atomic mass is 16.3. The summed E-state index contributed by atoms with van der Waals surface area (Å²) in [5, 5.41) is 80.6. The molecular weight excluding hydrogens is 1090 g/mol. The molecule has 0 fully saturated rings. The van der Waals surface area contributed by atoms with Gasteiger partial charge < -0.3 is 47.2 Å². The van der Waals surface area contributed by atoms with E-state index in [0.717, 1.165) is 77.8 Å². The number of aryl methyl sites for hydroxylation is 8. The Morgan fingerprint density at radius 2 is 1.08 bits per heavy atom. The predicted molar refractivity (Wildman–Crippen MR) is 336 cm³/mol. The van der Waals surface area contributed by atoms with Crippen molar-refractivity contribution in [3.63, 3.8) is 0 Å². The first-order valence-corrected chi connectivity index (χ1v) is 28.5. The third-order valence-corrected chi connectivity index (χ3v) is 15.7. The van der Waals surface area contributed by atoms with Crippen LogP contribution in [0.1, 0.15) is 71.9 Å². The van der Waals surface area contributed by atoms with Crippen LogP contribution in [0.5, 0.6) is 17.2 Å². The number of hydrogen-bond donors (Lipinski definition) is 9. The number of nitrogens with one attached hydrogen (secondary N) is 6. The molecule has 0 saturated carbocycles. The molecule has 0 saturated heterocycles. The van der Waals surface area contributed by atoms with Crippen LogP contribution in [0.4, 0.5) is 69.4 Å². The lowest BCUT2D eigenvalue weighted by atomic mass is 10.00. The van der Waals surface area contributed by atoms with Gasteiger partial charge in [-0.15, -0.1) is 0 Å². The zero-order valence-corrected chi connectivity index (χ0v) is 49.3. The molecule has 0 aliphatic rings. The van der Waals surface area contributed by atoms with E-state index in [9.17, 15) is 15.3 Å². The van der Waals surface area contributed by atoms with E-state index in [1.807, 2.05) is 131 Å². The SMILES string of the molecule is CCn1nc(Nc2c(CCCn3nc(Nc4c(CCC(C)n5nc(Nc6c(C)ccc(O)c6C)c6cnc(Nc7ccn(C)n7)cc65)ccc(O)c4C)c4cnc(Nc5ccnn5C)cc43)ccc(O)c2C)c2cnc(Nc3ccnc(C)n3)cc21. The Morgan fingerprint density at radius 3 is 1.70 bits per heavy atom. The van der Waals surface area contributed by atoms with Crippen molar-refractivity contribution in [1.29, 1.82) is 0 Å². The van der Waals surface area contributed by atoms with E-state index in [0.29, 0.717) is 102 Å². The van der Waals surface area contributed by atoms with Gasteiger partial charge in [0, 0.05) is 122 Å². The highest BCUT2D eigenvalue weighted by Gasteiger charge is 2.23. The molecular formula is C62H67N21O3. The Morgan fingerprint density at radius 1 is 0.523 bits per heavy atom. The Kier molecular flexibility index (Phi) is 15.0. The molecule has 24 nitrogen and oxygen atoms in total. The van der Waals surface area contributed by atoms with Crippen LogP contribution in [0.15, 0.2) is 110 Å². The van der Waals surface area contributed by atoms with Crippen LogP contribution < -0.4 is 31.9 Å². The number of benzene rings is 3. The summed E-state index contributed by atoms with van der Waals surface area (Å²) in [7, 11) is 3.73. The summed E-state index contributed by atoms with van der Waals surface area (Å²) in [6, 6.07) is 22.3. The fourth-order valence-corrected chi connectivity index (χ4v) is 10.9. The van der Waals surface area contributed by atoms with Crippen LogP contribution in [0.3, 0.4) is 0 Å². The van der Waals surface area contributed by atoms with Gasteiger partial charge in [0.25, 0.3) is 0 Å². The molecule has 0 aliphatic heterocycles. The van der Waals surface area contributed by atoms with Crippen LogP contribution in [0.25, 0.3) is 32.7 Å². The smallest absolute Gasteiger partial charge is 0.161 e. The molecule has 0 spiro atoms. The zero-order chi connectivity index (χ0) is 59.9. The summed E-state index contributed by atoms with van der Waals surface area (Å²) in [6.45, 7) is 14.8. The van der Waals surface area contributed by atoms with Gasteiger partial charge in [-0.05, 0) is 115 Å². The van der Waals surface area contributed by atoms with Crippen molar-refractivity contribution in [2.45, 2.75) is 93.3 Å². The number of pyridine rings is 3. The van der Waals surface area contributed by atoms with Crippen LogP contribution in [-0.4, -0.2) is 89.1 Å². The maximum atomic E-state index is 11.3. The maximum absolute atomic E-state index is 11.3. The van der Waals surface area contributed by atoms with Gasteiger partial charge in [0.1, 0.15) is 52.2 Å². The molecule has 3 aromatic carbocycles. The lowest BCUT2D eigenvalue weighted by molar-refractivity contribution is 0.468. The number of anilines is 12. The van der Waals surface area contributed by atoms with E-state index in [-0.39, 0.29) is 23.3 Å². The topological polar surface area (TPSA) is 286 Å². The molecule has 0 radical (unpaired) electrons. The van der Waals surface area contributed by atoms with Crippen molar-refractivity contribution < 1.29 is 15.3 Å². The van der Waals surface area contributed by atoms with Gasteiger partial charge in [-0.1, -0.05) is 18.2 Å². The Labute approximate surface area is 495 Å². The summed E-state index contributed by atoms with van der Waals surface area (Å²) in [5.74, 6) is 6.89. The molecule has 86 heavy (non-hydrogen) atoms. The largest absolute Gasteiger partial charge is 0.508 e. The number of nitrogens with zero attached hydrogens (tertiary/aromatic N) is 15. The van der Waals surface area contributed by atoms with E-state index in [1.165, 1.54) is 0 Å². The maximum Gasteiger partial charge on any atom is 0.161 e. The van der Waals surface area contributed by atoms with Gasteiger partial charge in [-0.2, -0.15) is 25.5 Å². The van der Waals surface area contributed by atoms with Crippen molar-refractivity contribution in [3.05, 3.63) is 149 Å². The molecule has 0 bridgehead atoms. The van der Waals surface area contributed by atoms with Crippen LogP contribution >= 0.6 is 0 Å². The van der Waals surface area contributed by atoms with Crippen molar-refractivity contribution in [1.82, 2.24) is 73.8 Å². The molecule has 9 N–H and O–H groups in total. The molecule has 12 rings (SSSR count). The minimum atomic E-state index is -0.129. The van der Waals surface area contributed by atoms with Crippen LogP contribution in [0.2, 0.25) is 0 Å². The number of fused-ring (bicyclic) bond motifs is 3. The molecule has 9 aromatic heterocycles. The van der Waals surface area contributed by atoms with Gasteiger partial charge in [0.05, 0.1) is 44.9 Å². The number of hydrogen-bond acceptors (Lipinski definition) is 19. The van der Waals surface area contributed by atoms with E-state index in [2.05, 4.69) is 59.0 Å². The summed E-state index contributed by atoms with van der Waals surface area (Å²) in [6.07, 6.45) is 13.3. The van der Waals surface area contributed by atoms with E-state index in [4.69, 9.17) is 30.2 Å².